The molecule has 1 aliphatic rings. The van der Waals surface area contributed by atoms with Crippen LogP contribution in [-0.4, -0.2) is 51.5 Å². The van der Waals surface area contributed by atoms with E-state index in [0.717, 1.165) is 0 Å². The highest BCUT2D eigenvalue weighted by Crippen LogP contribution is 2.29. The Morgan fingerprint density at radius 1 is 1.40 bits per heavy atom. The molecule has 1 aliphatic heterocycles. The molecule has 1 aromatic rings. The van der Waals surface area contributed by atoms with E-state index in [9.17, 15) is 18.5 Å². The Morgan fingerprint density at radius 2 is 2.12 bits per heavy atom. The number of hydrogen-bond acceptors (Lipinski definition) is 5. The summed E-state index contributed by atoms with van der Waals surface area (Å²) in [6, 6.07) is 7.84. The van der Waals surface area contributed by atoms with Gasteiger partial charge in [0, 0.05) is 26.2 Å². The normalized spacial score (nSPS) is 21.5. The summed E-state index contributed by atoms with van der Waals surface area (Å²) in [5.74, 6) is -0.574. The van der Waals surface area contributed by atoms with Gasteiger partial charge in [-0.3, -0.25) is 4.79 Å². The number of carbonyl (C=O) groups is 1. The number of hydrogen-bond donors (Lipinski definition) is 1. The molecule has 0 bridgehead atoms. The van der Waals surface area contributed by atoms with Gasteiger partial charge in [0.2, 0.25) is 15.9 Å². The highest BCUT2D eigenvalue weighted by Gasteiger charge is 2.38. The monoisotopic (exact) mass is 365 g/mol. The fourth-order valence-corrected chi connectivity index (χ4v) is 4.80. The van der Waals surface area contributed by atoms with Crippen molar-refractivity contribution in [3.8, 4) is 6.07 Å². The van der Waals surface area contributed by atoms with E-state index in [1.165, 1.54) is 16.4 Å². The molecule has 1 saturated heterocycles. The Balaban J connectivity index is 2.21. The van der Waals surface area contributed by atoms with Gasteiger partial charge in [-0.15, -0.1) is 0 Å². The summed E-state index contributed by atoms with van der Waals surface area (Å²) in [5.41, 5.74) is 0.112. The number of sulfonamides is 1. The second kappa shape index (κ2) is 8.43. The van der Waals surface area contributed by atoms with E-state index in [-0.39, 0.29) is 29.0 Å². The minimum absolute atomic E-state index is 0.00945. The fourth-order valence-electron chi connectivity index (χ4n) is 2.95. The molecule has 25 heavy (non-hydrogen) atoms. The number of nitriles is 1. The van der Waals surface area contributed by atoms with Gasteiger partial charge in [0.25, 0.3) is 0 Å². The maximum absolute atomic E-state index is 13.0. The van der Waals surface area contributed by atoms with Crippen molar-refractivity contribution < 1.29 is 17.9 Å². The Hall–Kier alpha value is -1.95. The molecule has 0 unspecified atom stereocenters. The highest BCUT2D eigenvalue weighted by molar-refractivity contribution is 7.89. The van der Waals surface area contributed by atoms with Crippen LogP contribution >= 0.6 is 0 Å². The maximum atomic E-state index is 13.0. The van der Waals surface area contributed by atoms with Crippen LogP contribution in [0.3, 0.4) is 0 Å². The molecule has 0 aromatic heterocycles. The Labute approximate surface area is 148 Å². The van der Waals surface area contributed by atoms with Crippen LogP contribution in [0.5, 0.6) is 0 Å². The van der Waals surface area contributed by atoms with Crippen molar-refractivity contribution in [2.75, 3.05) is 26.8 Å². The first-order valence-corrected chi connectivity index (χ1v) is 9.63. The minimum atomic E-state index is -3.84. The topological polar surface area (TPSA) is 99.5 Å². The third kappa shape index (κ3) is 4.37. The highest BCUT2D eigenvalue weighted by atomic mass is 32.2. The lowest BCUT2D eigenvalue weighted by atomic mass is 9.95. The summed E-state index contributed by atoms with van der Waals surface area (Å²) in [6.45, 7) is 2.74. The summed E-state index contributed by atoms with van der Waals surface area (Å²) >= 11 is 0. The van der Waals surface area contributed by atoms with Crippen LogP contribution in [0.2, 0.25) is 0 Å². The van der Waals surface area contributed by atoms with Gasteiger partial charge in [0.15, 0.2) is 0 Å². The first kappa shape index (κ1) is 19.4. The van der Waals surface area contributed by atoms with Gasteiger partial charge in [-0.25, -0.2) is 8.42 Å². The van der Waals surface area contributed by atoms with Crippen LogP contribution in [0, 0.1) is 17.2 Å². The van der Waals surface area contributed by atoms with Crippen LogP contribution in [0.15, 0.2) is 29.2 Å². The average Bonchev–Trinajstić information content (AvgIpc) is 2.62. The molecule has 1 aromatic carbocycles. The summed E-state index contributed by atoms with van der Waals surface area (Å²) in [4.78, 5) is 12.3. The Morgan fingerprint density at radius 3 is 2.80 bits per heavy atom. The number of piperidine rings is 1. The van der Waals surface area contributed by atoms with Crippen molar-refractivity contribution in [2.45, 2.75) is 30.7 Å². The standard InChI is InChI=1S/C17H23N3O4S/c1-13-7-8-15(17(21)19-9-10-24-2)12-20(13)25(22,23)16-6-4-3-5-14(16)11-18/h3-6,13,15H,7-10,12H2,1-2H3,(H,19,21)/t13-,15-/m0/s1. The zero-order chi connectivity index (χ0) is 18.4. The summed E-state index contributed by atoms with van der Waals surface area (Å²) in [6.07, 6.45) is 1.22. The lowest BCUT2D eigenvalue weighted by molar-refractivity contribution is -0.126. The average molecular weight is 365 g/mol. The zero-order valence-electron chi connectivity index (χ0n) is 14.4. The van der Waals surface area contributed by atoms with Crippen molar-refractivity contribution in [1.29, 1.82) is 5.26 Å². The van der Waals surface area contributed by atoms with Crippen LogP contribution in [0.4, 0.5) is 0 Å². The van der Waals surface area contributed by atoms with E-state index >= 15 is 0 Å². The minimum Gasteiger partial charge on any atom is -0.383 e. The van der Waals surface area contributed by atoms with E-state index in [4.69, 9.17) is 4.74 Å². The van der Waals surface area contributed by atoms with Gasteiger partial charge < -0.3 is 10.1 Å². The maximum Gasteiger partial charge on any atom is 0.244 e. The number of rotatable bonds is 6. The SMILES string of the molecule is COCCNC(=O)[C@H]1CC[C@H](C)N(S(=O)(=O)c2ccccc2C#N)C1. The second-order valence-corrected chi connectivity index (χ2v) is 7.95. The largest absolute Gasteiger partial charge is 0.383 e. The van der Waals surface area contributed by atoms with Crippen molar-refractivity contribution in [2.24, 2.45) is 5.92 Å². The third-order valence-corrected chi connectivity index (χ3v) is 6.43. The van der Waals surface area contributed by atoms with Gasteiger partial charge in [-0.05, 0) is 31.9 Å². The summed E-state index contributed by atoms with van der Waals surface area (Å²) < 4.78 is 32.3. The molecule has 2 rings (SSSR count). The molecule has 0 spiro atoms. The summed E-state index contributed by atoms with van der Waals surface area (Å²) in [5, 5.41) is 12.0. The van der Waals surface area contributed by atoms with Crippen LogP contribution in [0.1, 0.15) is 25.3 Å². The first-order chi connectivity index (χ1) is 11.9. The van der Waals surface area contributed by atoms with E-state index in [1.807, 2.05) is 13.0 Å². The number of nitrogens with zero attached hydrogens (tertiary/aromatic N) is 2. The predicted molar refractivity (Wildman–Crippen MR) is 92.1 cm³/mol. The van der Waals surface area contributed by atoms with Gasteiger partial charge in [-0.2, -0.15) is 9.57 Å². The second-order valence-electron chi connectivity index (χ2n) is 6.09. The number of methoxy groups -OCH3 is 1. The molecule has 136 valence electrons. The molecule has 1 fully saturated rings. The molecule has 1 amide bonds. The molecular formula is C17H23N3O4S. The number of benzene rings is 1. The molecule has 0 radical (unpaired) electrons. The smallest absolute Gasteiger partial charge is 0.244 e. The molecule has 2 atom stereocenters. The zero-order valence-corrected chi connectivity index (χ0v) is 15.3. The molecule has 0 saturated carbocycles. The lowest BCUT2D eigenvalue weighted by Gasteiger charge is -2.36. The molecule has 1 heterocycles. The van der Waals surface area contributed by atoms with Crippen molar-refractivity contribution in [3.05, 3.63) is 29.8 Å². The fraction of sp³-hybridized carbons (Fsp3) is 0.529. The Bertz CT molecular complexity index is 757. The first-order valence-electron chi connectivity index (χ1n) is 8.19. The van der Waals surface area contributed by atoms with E-state index in [1.54, 1.807) is 19.2 Å². The van der Waals surface area contributed by atoms with Gasteiger partial charge in [0.05, 0.1) is 23.0 Å². The third-order valence-electron chi connectivity index (χ3n) is 4.40. The van der Waals surface area contributed by atoms with Crippen molar-refractivity contribution >= 4 is 15.9 Å². The van der Waals surface area contributed by atoms with E-state index in [2.05, 4.69) is 5.32 Å². The van der Waals surface area contributed by atoms with Crippen LogP contribution in [-0.2, 0) is 19.6 Å². The van der Waals surface area contributed by atoms with Crippen molar-refractivity contribution in [1.82, 2.24) is 9.62 Å². The van der Waals surface area contributed by atoms with Gasteiger partial charge in [-0.1, -0.05) is 12.1 Å². The number of amides is 1. The van der Waals surface area contributed by atoms with Gasteiger partial charge >= 0.3 is 0 Å². The van der Waals surface area contributed by atoms with Crippen molar-refractivity contribution in [3.63, 3.8) is 0 Å². The Kier molecular flexibility index (Phi) is 6.53. The summed E-state index contributed by atoms with van der Waals surface area (Å²) in [7, 11) is -2.29. The van der Waals surface area contributed by atoms with E-state index < -0.39 is 15.9 Å². The molecule has 1 N–H and O–H groups in total. The van der Waals surface area contributed by atoms with Gasteiger partial charge in [0.1, 0.15) is 6.07 Å². The number of ether oxygens (including phenoxy) is 1. The number of nitrogens with one attached hydrogen (secondary N) is 1. The van der Waals surface area contributed by atoms with Crippen LogP contribution < -0.4 is 5.32 Å². The molecule has 0 aliphatic carbocycles. The quantitative estimate of drug-likeness (QED) is 0.761. The van der Waals surface area contributed by atoms with Crippen LogP contribution in [0.25, 0.3) is 0 Å². The molecule has 8 heteroatoms. The lowest BCUT2D eigenvalue weighted by Crippen LogP contribution is -2.49. The number of carbonyl (C=O) groups excluding carboxylic acids is 1. The molecule has 7 nitrogen and oxygen atoms in total. The predicted octanol–water partition coefficient (Wildman–Crippen LogP) is 1.11. The van der Waals surface area contributed by atoms with E-state index in [0.29, 0.717) is 26.0 Å². The molecular weight excluding hydrogens is 342 g/mol.